The molecule has 0 amide bonds. The molecule has 0 saturated heterocycles. The minimum absolute atomic E-state index is 0.207. The van der Waals surface area contributed by atoms with Crippen LogP contribution in [-0.2, 0) is 6.54 Å². The highest BCUT2D eigenvalue weighted by atomic mass is 35.5. The van der Waals surface area contributed by atoms with Crippen molar-refractivity contribution in [2.75, 3.05) is 5.32 Å². The maximum atomic E-state index is 6.05. The summed E-state index contributed by atoms with van der Waals surface area (Å²) in [5.74, 6) is 0.957. The molecule has 0 saturated carbocycles. The number of fused-ring (bicyclic) bond motifs is 1. The van der Waals surface area contributed by atoms with E-state index in [-0.39, 0.29) is 5.28 Å². The quantitative estimate of drug-likeness (QED) is 0.795. The lowest BCUT2D eigenvalue weighted by Crippen LogP contribution is -2.08. The number of nitrogens with one attached hydrogen (secondary N) is 1. The third-order valence-electron chi connectivity index (χ3n) is 3.53. The molecular weight excluding hydrogens is 298 g/mol. The van der Waals surface area contributed by atoms with E-state index in [1.165, 1.54) is 11.1 Å². The molecule has 5 nitrogen and oxygen atoms in total. The Morgan fingerprint density at radius 2 is 1.95 bits per heavy atom. The van der Waals surface area contributed by atoms with Crippen LogP contribution < -0.4 is 5.32 Å². The molecule has 2 heterocycles. The van der Waals surface area contributed by atoms with Crippen molar-refractivity contribution in [1.82, 2.24) is 19.6 Å². The van der Waals surface area contributed by atoms with Crippen molar-refractivity contribution < 1.29 is 0 Å². The molecule has 0 radical (unpaired) electrons. The van der Waals surface area contributed by atoms with E-state index in [0.29, 0.717) is 23.9 Å². The summed E-state index contributed by atoms with van der Waals surface area (Å²) in [5.41, 5.74) is 4.12. The highest BCUT2D eigenvalue weighted by molar-refractivity contribution is 6.28. The molecule has 6 heteroatoms. The summed E-state index contributed by atoms with van der Waals surface area (Å²) in [6.45, 7) is 6.92. The van der Waals surface area contributed by atoms with E-state index in [0.717, 1.165) is 5.69 Å². The second kappa shape index (κ2) is 5.93. The van der Waals surface area contributed by atoms with Gasteiger partial charge in [-0.1, -0.05) is 43.7 Å². The fraction of sp³-hybridized carbons (Fsp3) is 0.312. The van der Waals surface area contributed by atoms with Gasteiger partial charge in [0, 0.05) is 6.54 Å². The molecule has 0 aliphatic carbocycles. The molecule has 0 atom stereocenters. The minimum atomic E-state index is 0.207. The van der Waals surface area contributed by atoms with Gasteiger partial charge in [-0.05, 0) is 30.0 Å². The fourth-order valence-corrected chi connectivity index (χ4v) is 2.44. The molecule has 0 spiro atoms. The molecule has 114 valence electrons. The van der Waals surface area contributed by atoms with E-state index in [1.54, 1.807) is 4.52 Å². The topological polar surface area (TPSA) is 55.1 Å². The number of nitrogens with zero attached hydrogens (tertiary/aromatic N) is 4. The van der Waals surface area contributed by atoms with Crippen molar-refractivity contribution in [1.29, 1.82) is 0 Å². The zero-order valence-corrected chi connectivity index (χ0v) is 13.6. The maximum absolute atomic E-state index is 6.05. The summed E-state index contributed by atoms with van der Waals surface area (Å²) in [4.78, 5) is 8.69. The summed E-state index contributed by atoms with van der Waals surface area (Å²) in [7, 11) is 0. The van der Waals surface area contributed by atoms with E-state index in [4.69, 9.17) is 11.6 Å². The standard InChI is InChI=1S/C16H18ClN5/c1-10(2)13-9-19-15-14(20-16(17)21-22(13)15)18-8-12-6-4-11(3)5-7-12/h4-7,9-10H,8H2,1-3H3,(H,18,20,21). The Labute approximate surface area is 134 Å². The Balaban J connectivity index is 1.91. The second-order valence-corrected chi connectivity index (χ2v) is 5.98. The Kier molecular flexibility index (Phi) is 3.98. The number of halogens is 1. The molecule has 22 heavy (non-hydrogen) atoms. The number of aromatic nitrogens is 4. The summed E-state index contributed by atoms with van der Waals surface area (Å²) in [6, 6.07) is 8.36. The lowest BCUT2D eigenvalue weighted by Gasteiger charge is -2.09. The highest BCUT2D eigenvalue weighted by Gasteiger charge is 2.14. The smallest absolute Gasteiger partial charge is 0.243 e. The molecule has 3 rings (SSSR count). The molecule has 0 bridgehead atoms. The lowest BCUT2D eigenvalue weighted by molar-refractivity contribution is 0.751. The van der Waals surface area contributed by atoms with Crippen LogP contribution in [0.1, 0.15) is 36.6 Å². The summed E-state index contributed by atoms with van der Waals surface area (Å²) < 4.78 is 1.76. The molecule has 0 aliphatic rings. The van der Waals surface area contributed by atoms with Crippen molar-refractivity contribution in [2.24, 2.45) is 0 Å². The van der Waals surface area contributed by atoms with Gasteiger partial charge in [0.25, 0.3) is 0 Å². The Morgan fingerprint density at radius 3 is 2.64 bits per heavy atom. The molecule has 1 aromatic carbocycles. The first-order valence-electron chi connectivity index (χ1n) is 7.25. The van der Waals surface area contributed by atoms with Gasteiger partial charge in [-0.25, -0.2) is 9.50 Å². The van der Waals surface area contributed by atoms with Crippen LogP contribution in [0.3, 0.4) is 0 Å². The number of hydrogen-bond donors (Lipinski definition) is 1. The van der Waals surface area contributed by atoms with Gasteiger partial charge in [-0.3, -0.25) is 0 Å². The zero-order valence-electron chi connectivity index (χ0n) is 12.8. The maximum Gasteiger partial charge on any atom is 0.243 e. The van der Waals surface area contributed by atoms with Crippen LogP contribution in [0.5, 0.6) is 0 Å². The third-order valence-corrected chi connectivity index (χ3v) is 3.69. The van der Waals surface area contributed by atoms with E-state index in [2.05, 4.69) is 65.4 Å². The molecule has 1 N–H and O–H groups in total. The van der Waals surface area contributed by atoms with Crippen LogP contribution in [0.2, 0.25) is 5.28 Å². The third kappa shape index (κ3) is 2.90. The average molecular weight is 316 g/mol. The van der Waals surface area contributed by atoms with Crippen molar-refractivity contribution in [3.05, 3.63) is 52.6 Å². The van der Waals surface area contributed by atoms with Crippen LogP contribution in [0.25, 0.3) is 5.65 Å². The summed E-state index contributed by atoms with van der Waals surface area (Å²) >= 11 is 6.05. The van der Waals surface area contributed by atoms with Gasteiger partial charge in [0.1, 0.15) is 0 Å². The number of hydrogen-bond acceptors (Lipinski definition) is 4. The number of aryl methyl sites for hydroxylation is 1. The van der Waals surface area contributed by atoms with Gasteiger partial charge in [0.2, 0.25) is 5.28 Å². The Bertz CT molecular complexity index is 792. The first-order chi connectivity index (χ1) is 10.5. The van der Waals surface area contributed by atoms with Crippen LogP contribution in [0, 0.1) is 6.92 Å². The van der Waals surface area contributed by atoms with E-state index < -0.39 is 0 Å². The molecular formula is C16H18ClN5. The molecule has 0 unspecified atom stereocenters. The molecule has 3 aromatic rings. The van der Waals surface area contributed by atoms with Crippen molar-refractivity contribution in [2.45, 2.75) is 33.2 Å². The fourth-order valence-electron chi connectivity index (χ4n) is 2.28. The number of rotatable bonds is 4. The van der Waals surface area contributed by atoms with Crippen LogP contribution >= 0.6 is 11.6 Å². The largest absolute Gasteiger partial charge is 0.363 e. The number of anilines is 1. The van der Waals surface area contributed by atoms with Crippen LogP contribution in [0.4, 0.5) is 5.82 Å². The number of benzene rings is 1. The Morgan fingerprint density at radius 1 is 1.23 bits per heavy atom. The van der Waals surface area contributed by atoms with Gasteiger partial charge in [0.15, 0.2) is 11.5 Å². The minimum Gasteiger partial charge on any atom is -0.363 e. The van der Waals surface area contributed by atoms with Crippen molar-refractivity contribution in [3.63, 3.8) is 0 Å². The SMILES string of the molecule is Cc1ccc(CNc2nc(Cl)nn3c(C(C)C)cnc23)cc1. The first kappa shape index (κ1) is 14.8. The molecule has 0 fully saturated rings. The van der Waals surface area contributed by atoms with E-state index >= 15 is 0 Å². The predicted molar refractivity (Wildman–Crippen MR) is 88.4 cm³/mol. The second-order valence-electron chi connectivity index (χ2n) is 5.64. The van der Waals surface area contributed by atoms with E-state index in [1.807, 2.05) is 6.20 Å². The van der Waals surface area contributed by atoms with Gasteiger partial charge in [0.05, 0.1) is 11.9 Å². The van der Waals surface area contributed by atoms with Crippen molar-refractivity contribution in [3.8, 4) is 0 Å². The van der Waals surface area contributed by atoms with E-state index in [9.17, 15) is 0 Å². The van der Waals surface area contributed by atoms with Gasteiger partial charge in [-0.15, -0.1) is 5.10 Å². The van der Waals surface area contributed by atoms with Crippen molar-refractivity contribution >= 4 is 23.1 Å². The van der Waals surface area contributed by atoms with Crippen LogP contribution in [-0.4, -0.2) is 19.6 Å². The lowest BCUT2D eigenvalue weighted by atomic mass is 10.1. The van der Waals surface area contributed by atoms with Crippen LogP contribution in [0.15, 0.2) is 30.5 Å². The Hall–Kier alpha value is -2.14. The monoisotopic (exact) mass is 315 g/mol. The normalized spacial score (nSPS) is 11.3. The average Bonchev–Trinajstić information content (AvgIpc) is 2.90. The van der Waals surface area contributed by atoms with Gasteiger partial charge in [-0.2, -0.15) is 4.98 Å². The summed E-state index contributed by atoms with van der Waals surface area (Å²) in [5, 5.41) is 7.76. The zero-order chi connectivity index (χ0) is 15.7. The summed E-state index contributed by atoms with van der Waals surface area (Å²) in [6.07, 6.45) is 1.82. The molecule has 2 aromatic heterocycles. The highest BCUT2D eigenvalue weighted by Crippen LogP contribution is 2.21. The van der Waals surface area contributed by atoms with Gasteiger partial charge < -0.3 is 5.32 Å². The molecule has 0 aliphatic heterocycles. The number of imidazole rings is 1. The predicted octanol–water partition coefficient (Wildman–Crippen LogP) is 3.82. The van der Waals surface area contributed by atoms with Gasteiger partial charge >= 0.3 is 0 Å². The first-order valence-corrected chi connectivity index (χ1v) is 7.63.